The minimum Gasteiger partial charge on any atom is -0.462 e. The molecule has 2 atom stereocenters. The van der Waals surface area contributed by atoms with Crippen LogP contribution in [0.1, 0.15) is 291 Å². The van der Waals surface area contributed by atoms with Gasteiger partial charge < -0.3 is 14.2 Å². The van der Waals surface area contributed by atoms with Crippen molar-refractivity contribution in [1.29, 1.82) is 0 Å². The first kappa shape index (κ1) is 57.4. The normalized spacial score (nSPS) is 12.5. The summed E-state index contributed by atoms with van der Waals surface area (Å²) in [5.74, 6) is 0.830. The fourth-order valence-corrected chi connectivity index (χ4v) is 7.96. The van der Waals surface area contributed by atoms with Gasteiger partial charge in [-0.3, -0.25) is 14.4 Å². The number of carbonyl (C=O) groups is 3. The van der Waals surface area contributed by atoms with Crippen LogP contribution in [0.4, 0.5) is 0 Å². The Hall–Kier alpha value is -1.59. The maximum absolute atomic E-state index is 12.8. The third-order valence-corrected chi connectivity index (χ3v) is 12.3. The molecule has 0 radical (unpaired) electrons. The molecule has 0 aliphatic carbocycles. The van der Waals surface area contributed by atoms with E-state index in [1.165, 1.54) is 180 Å². The Labute approximate surface area is 368 Å². The van der Waals surface area contributed by atoms with Gasteiger partial charge >= 0.3 is 17.9 Å². The number of hydrogen-bond donors (Lipinski definition) is 0. The molecule has 350 valence electrons. The second-order valence-electron chi connectivity index (χ2n) is 18.9. The molecule has 6 heteroatoms. The topological polar surface area (TPSA) is 78.9 Å². The lowest BCUT2D eigenvalue weighted by atomic mass is 9.99. The summed E-state index contributed by atoms with van der Waals surface area (Å²) in [7, 11) is 0. The number of esters is 3. The highest BCUT2D eigenvalue weighted by atomic mass is 16.6. The predicted molar refractivity (Wildman–Crippen MR) is 252 cm³/mol. The molecule has 0 aromatic rings. The monoisotopic (exact) mass is 835 g/mol. The molecule has 0 aliphatic rings. The Balaban J connectivity index is 4.31. The molecule has 0 amide bonds. The van der Waals surface area contributed by atoms with E-state index < -0.39 is 6.10 Å². The van der Waals surface area contributed by atoms with Gasteiger partial charge in [0, 0.05) is 19.3 Å². The molecule has 0 aromatic carbocycles. The Morgan fingerprint density at radius 2 is 0.644 bits per heavy atom. The minimum absolute atomic E-state index is 0.0639. The van der Waals surface area contributed by atoms with E-state index in [9.17, 15) is 14.4 Å². The van der Waals surface area contributed by atoms with Gasteiger partial charge in [0.2, 0.25) is 0 Å². The molecule has 0 aromatic heterocycles. The van der Waals surface area contributed by atoms with Gasteiger partial charge in [-0.05, 0) is 31.1 Å². The second kappa shape index (κ2) is 45.9. The standard InChI is InChI=1S/C53H102O6/c1-6-8-9-10-11-12-13-14-15-19-22-28-33-38-43-51(54)57-46-50(59-53(56)45-40-35-30-25-24-27-32-37-42-49(5)7-2)47-58-52(55)44-39-34-29-23-20-17-16-18-21-26-31-36-41-48(3)4/h48-50H,6-47H2,1-5H3/t49?,50-/m1/s1. The molecule has 0 rings (SSSR count). The average molecular weight is 835 g/mol. The lowest BCUT2D eigenvalue weighted by molar-refractivity contribution is -0.167. The van der Waals surface area contributed by atoms with Gasteiger partial charge in [0.15, 0.2) is 6.10 Å². The minimum atomic E-state index is -0.762. The van der Waals surface area contributed by atoms with Crippen LogP contribution in [0.5, 0.6) is 0 Å². The average Bonchev–Trinajstić information content (AvgIpc) is 3.22. The lowest BCUT2D eigenvalue weighted by Crippen LogP contribution is -2.30. The molecular formula is C53H102O6. The van der Waals surface area contributed by atoms with Crippen molar-refractivity contribution in [2.24, 2.45) is 11.8 Å². The molecule has 0 N–H and O–H groups in total. The van der Waals surface area contributed by atoms with E-state index in [2.05, 4.69) is 34.6 Å². The molecule has 0 saturated heterocycles. The van der Waals surface area contributed by atoms with E-state index in [0.29, 0.717) is 19.3 Å². The largest absolute Gasteiger partial charge is 0.462 e. The van der Waals surface area contributed by atoms with Crippen LogP contribution in [-0.2, 0) is 28.6 Å². The zero-order valence-corrected chi connectivity index (χ0v) is 40.4. The van der Waals surface area contributed by atoms with E-state index >= 15 is 0 Å². The molecule has 1 unspecified atom stereocenters. The molecule has 0 aliphatic heterocycles. The van der Waals surface area contributed by atoms with Crippen molar-refractivity contribution in [2.75, 3.05) is 13.2 Å². The number of carbonyl (C=O) groups excluding carboxylic acids is 3. The van der Waals surface area contributed by atoms with E-state index in [1.807, 2.05) is 0 Å². The zero-order chi connectivity index (χ0) is 43.3. The van der Waals surface area contributed by atoms with Crippen LogP contribution in [0.2, 0.25) is 0 Å². The molecule has 6 nitrogen and oxygen atoms in total. The molecule has 0 fully saturated rings. The van der Waals surface area contributed by atoms with Crippen LogP contribution < -0.4 is 0 Å². The predicted octanol–water partition coefficient (Wildman–Crippen LogP) is 16.9. The zero-order valence-electron chi connectivity index (χ0n) is 40.4. The van der Waals surface area contributed by atoms with E-state index in [0.717, 1.165) is 69.6 Å². The highest BCUT2D eigenvalue weighted by molar-refractivity contribution is 5.71. The van der Waals surface area contributed by atoms with Crippen molar-refractivity contribution in [1.82, 2.24) is 0 Å². The maximum atomic E-state index is 12.8. The summed E-state index contributed by atoms with van der Waals surface area (Å²) < 4.78 is 16.8. The Kier molecular flexibility index (Phi) is 44.7. The third-order valence-electron chi connectivity index (χ3n) is 12.3. The summed E-state index contributed by atoms with van der Waals surface area (Å²) in [4.78, 5) is 38.0. The van der Waals surface area contributed by atoms with Crippen molar-refractivity contribution < 1.29 is 28.6 Å². The Bertz CT molecular complexity index is 902. The van der Waals surface area contributed by atoms with Crippen molar-refractivity contribution in [2.45, 2.75) is 298 Å². The van der Waals surface area contributed by atoms with Gasteiger partial charge in [0.1, 0.15) is 13.2 Å². The van der Waals surface area contributed by atoms with Crippen LogP contribution in [0.25, 0.3) is 0 Å². The second-order valence-corrected chi connectivity index (χ2v) is 18.9. The highest BCUT2D eigenvalue weighted by Gasteiger charge is 2.19. The fraction of sp³-hybridized carbons (Fsp3) is 0.943. The first-order valence-corrected chi connectivity index (χ1v) is 26.3. The van der Waals surface area contributed by atoms with Crippen LogP contribution in [0.3, 0.4) is 0 Å². The first-order chi connectivity index (χ1) is 28.8. The Morgan fingerprint density at radius 1 is 0.356 bits per heavy atom. The summed E-state index contributed by atoms with van der Waals surface area (Å²) in [6, 6.07) is 0. The smallest absolute Gasteiger partial charge is 0.306 e. The molecule has 0 heterocycles. The Morgan fingerprint density at radius 3 is 0.966 bits per heavy atom. The van der Waals surface area contributed by atoms with E-state index in [1.54, 1.807) is 0 Å². The SMILES string of the molecule is CCCCCCCCCCCCCCCCC(=O)OC[C@H](COC(=O)CCCCCCCCCCCCCCC(C)C)OC(=O)CCCCCCCCCCC(C)CC. The third kappa shape index (κ3) is 45.8. The van der Waals surface area contributed by atoms with Gasteiger partial charge in [0.25, 0.3) is 0 Å². The summed E-state index contributed by atoms with van der Waals surface area (Å²) in [6.45, 7) is 11.4. The highest BCUT2D eigenvalue weighted by Crippen LogP contribution is 2.18. The van der Waals surface area contributed by atoms with Crippen molar-refractivity contribution in [3.05, 3.63) is 0 Å². The summed E-state index contributed by atoms with van der Waals surface area (Å²) in [5.41, 5.74) is 0. The van der Waals surface area contributed by atoms with Crippen LogP contribution in [0.15, 0.2) is 0 Å². The molecule has 0 spiro atoms. The van der Waals surface area contributed by atoms with E-state index in [4.69, 9.17) is 14.2 Å². The quantitative estimate of drug-likeness (QED) is 0.0345. The number of ether oxygens (including phenoxy) is 3. The van der Waals surface area contributed by atoms with E-state index in [-0.39, 0.29) is 31.1 Å². The molecule has 0 bridgehead atoms. The summed E-state index contributed by atoms with van der Waals surface area (Å²) >= 11 is 0. The summed E-state index contributed by atoms with van der Waals surface area (Å²) in [6.07, 6.45) is 46.5. The number of hydrogen-bond acceptors (Lipinski definition) is 6. The van der Waals surface area contributed by atoms with Crippen LogP contribution in [-0.4, -0.2) is 37.2 Å². The van der Waals surface area contributed by atoms with Gasteiger partial charge in [-0.1, -0.05) is 253 Å². The van der Waals surface area contributed by atoms with Crippen molar-refractivity contribution in [3.63, 3.8) is 0 Å². The molecular weight excluding hydrogens is 733 g/mol. The lowest BCUT2D eigenvalue weighted by Gasteiger charge is -2.18. The van der Waals surface area contributed by atoms with Gasteiger partial charge in [0.05, 0.1) is 0 Å². The number of unbranched alkanes of at least 4 members (excludes halogenated alkanes) is 31. The van der Waals surface area contributed by atoms with Crippen molar-refractivity contribution >= 4 is 17.9 Å². The first-order valence-electron chi connectivity index (χ1n) is 26.3. The van der Waals surface area contributed by atoms with Crippen LogP contribution >= 0.6 is 0 Å². The van der Waals surface area contributed by atoms with Crippen molar-refractivity contribution in [3.8, 4) is 0 Å². The van der Waals surface area contributed by atoms with Gasteiger partial charge in [-0.2, -0.15) is 0 Å². The summed E-state index contributed by atoms with van der Waals surface area (Å²) in [5, 5.41) is 0. The maximum Gasteiger partial charge on any atom is 0.306 e. The number of rotatable bonds is 47. The fourth-order valence-electron chi connectivity index (χ4n) is 7.96. The molecule has 0 saturated carbocycles. The van der Waals surface area contributed by atoms with Crippen LogP contribution in [0, 0.1) is 11.8 Å². The molecule has 59 heavy (non-hydrogen) atoms. The van der Waals surface area contributed by atoms with Gasteiger partial charge in [-0.25, -0.2) is 0 Å². The van der Waals surface area contributed by atoms with Gasteiger partial charge in [-0.15, -0.1) is 0 Å².